The standard InChI is InChI=1S/C60H53NO8/c62-59-61-31-13-22-58(61)60(69-59,50-23-27-52(28-24-50)63-42-48-32-54(65-38-44-14-5-1-6-15-44)36-55(33-48)66-39-45-16-7-2-8-17-45)51-25-29-53(30-26-51)64-43-49-34-56(67-40-46-18-9-3-10-19-46)37-57(35-49)68-41-47-20-11-4-12-21-47/h1-12,14-21,23-30,32-37,58H,13,22,31,38-43H2/t58-/m0/s1. The van der Waals surface area contributed by atoms with Crippen molar-refractivity contribution in [2.45, 2.75) is 64.1 Å². The van der Waals surface area contributed by atoms with Crippen LogP contribution in [0, 0.1) is 0 Å². The molecule has 8 aromatic carbocycles. The quantitative estimate of drug-likeness (QED) is 0.0747. The highest BCUT2D eigenvalue weighted by Crippen LogP contribution is 2.49. The first-order valence-corrected chi connectivity index (χ1v) is 23.4. The molecule has 9 heteroatoms. The number of hydrogen-bond donors (Lipinski definition) is 0. The lowest BCUT2D eigenvalue weighted by atomic mass is 9.79. The SMILES string of the molecule is O=C1OC(c2ccc(OCc3cc(OCc4ccccc4)cc(OCc4ccccc4)c3)cc2)(c2ccc(OCc3cc(OCc4ccccc4)cc(OCc4ccccc4)c3)cc2)[C@@H]2CCCN12. The molecular weight excluding hydrogens is 863 g/mol. The summed E-state index contributed by atoms with van der Waals surface area (Å²) in [5.74, 6) is 4.12. The summed E-state index contributed by atoms with van der Waals surface area (Å²) in [6.45, 7) is 2.94. The summed E-state index contributed by atoms with van der Waals surface area (Å²) in [7, 11) is 0. The first-order chi connectivity index (χ1) is 34.0. The smallest absolute Gasteiger partial charge is 0.411 e. The number of ether oxygens (including phenoxy) is 7. The van der Waals surface area contributed by atoms with Crippen molar-refractivity contribution in [2.75, 3.05) is 6.54 Å². The fraction of sp³-hybridized carbons (Fsp3) is 0.183. The fourth-order valence-corrected chi connectivity index (χ4v) is 9.00. The van der Waals surface area contributed by atoms with Crippen molar-refractivity contribution in [3.05, 3.63) is 251 Å². The number of cyclic esters (lactones) is 1. The zero-order chi connectivity index (χ0) is 46.7. The second-order valence-corrected chi connectivity index (χ2v) is 17.3. The lowest BCUT2D eigenvalue weighted by Gasteiger charge is -2.33. The van der Waals surface area contributed by atoms with Crippen LogP contribution >= 0.6 is 0 Å². The molecule has 0 spiro atoms. The average Bonchev–Trinajstić information content (AvgIpc) is 4.02. The molecule has 69 heavy (non-hydrogen) atoms. The maximum Gasteiger partial charge on any atom is 0.411 e. The largest absolute Gasteiger partial charge is 0.489 e. The van der Waals surface area contributed by atoms with Gasteiger partial charge in [-0.15, -0.1) is 0 Å². The van der Waals surface area contributed by atoms with E-state index in [2.05, 4.69) is 0 Å². The van der Waals surface area contributed by atoms with Crippen LogP contribution in [0.2, 0.25) is 0 Å². The summed E-state index contributed by atoms with van der Waals surface area (Å²) in [6, 6.07) is 67.7. The van der Waals surface area contributed by atoms with E-state index in [-0.39, 0.29) is 25.3 Å². The van der Waals surface area contributed by atoms with Crippen molar-refractivity contribution in [1.82, 2.24) is 4.90 Å². The molecular formula is C60H53NO8. The number of rotatable bonds is 20. The number of hydrogen-bond acceptors (Lipinski definition) is 8. The van der Waals surface area contributed by atoms with E-state index in [0.717, 1.165) is 57.3 Å². The van der Waals surface area contributed by atoms with Gasteiger partial charge in [0.25, 0.3) is 0 Å². The summed E-state index contributed by atoms with van der Waals surface area (Å²) in [6.07, 6.45) is 1.41. The van der Waals surface area contributed by atoms with Crippen LogP contribution in [0.4, 0.5) is 4.79 Å². The van der Waals surface area contributed by atoms with Gasteiger partial charge >= 0.3 is 6.09 Å². The van der Waals surface area contributed by atoms with Crippen LogP contribution in [-0.2, 0) is 50.0 Å². The van der Waals surface area contributed by atoms with Crippen molar-refractivity contribution in [3.8, 4) is 34.5 Å². The van der Waals surface area contributed by atoms with E-state index in [1.807, 2.05) is 211 Å². The normalized spacial score (nSPS) is 14.6. The first-order valence-electron chi connectivity index (χ1n) is 23.4. The van der Waals surface area contributed by atoms with Gasteiger partial charge in [0.05, 0.1) is 6.04 Å². The molecule has 2 aliphatic heterocycles. The van der Waals surface area contributed by atoms with Gasteiger partial charge in [-0.05, 0) is 94.8 Å². The van der Waals surface area contributed by atoms with Gasteiger partial charge in [0, 0.05) is 29.8 Å². The van der Waals surface area contributed by atoms with Crippen molar-refractivity contribution in [2.24, 2.45) is 0 Å². The molecule has 10 rings (SSSR count). The molecule has 0 radical (unpaired) electrons. The van der Waals surface area contributed by atoms with E-state index in [9.17, 15) is 4.79 Å². The highest BCUT2D eigenvalue weighted by atomic mass is 16.6. The Labute approximate surface area is 403 Å². The van der Waals surface area contributed by atoms with Gasteiger partial charge in [-0.3, -0.25) is 0 Å². The van der Waals surface area contributed by atoms with Crippen molar-refractivity contribution in [1.29, 1.82) is 0 Å². The molecule has 2 aliphatic rings. The molecule has 346 valence electrons. The topological polar surface area (TPSA) is 84.9 Å². The Morgan fingerprint density at radius 3 is 1.06 bits per heavy atom. The number of amides is 1. The molecule has 2 fully saturated rings. The van der Waals surface area contributed by atoms with Crippen molar-refractivity contribution >= 4 is 6.09 Å². The van der Waals surface area contributed by atoms with Crippen LogP contribution in [0.3, 0.4) is 0 Å². The summed E-state index contributed by atoms with van der Waals surface area (Å²) >= 11 is 0. The number of nitrogens with zero attached hydrogens (tertiary/aromatic N) is 1. The maximum atomic E-state index is 13.5. The van der Waals surface area contributed by atoms with Gasteiger partial charge in [-0.2, -0.15) is 0 Å². The molecule has 1 atom stereocenters. The van der Waals surface area contributed by atoms with Crippen LogP contribution in [0.25, 0.3) is 0 Å². The first kappa shape index (κ1) is 44.7. The zero-order valence-corrected chi connectivity index (χ0v) is 38.3. The number of carbonyl (C=O) groups is 1. The van der Waals surface area contributed by atoms with E-state index in [4.69, 9.17) is 33.2 Å². The monoisotopic (exact) mass is 915 g/mol. The zero-order valence-electron chi connectivity index (χ0n) is 38.3. The summed E-state index contributed by atoms with van der Waals surface area (Å²) in [5.41, 5.74) is 6.82. The van der Waals surface area contributed by atoms with Crippen LogP contribution in [0.15, 0.2) is 206 Å². The van der Waals surface area contributed by atoms with Gasteiger partial charge in [0.1, 0.15) is 74.1 Å². The Morgan fingerprint density at radius 2 is 0.710 bits per heavy atom. The third-order valence-electron chi connectivity index (χ3n) is 12.5. The lowest BCUT2D eigenvalue weighted by molar-refractivity contribution is 0.0669. The number of fused-ring (bicyclic) bond motifs is 1. The van der Waals surface area contributed by atoms with Crippen LogP contribution in [-0.4, -0.2) is 23.6 Å². The average molecular weight is 916 g/mol. The molecule has 0 unspecified atom stereocenters. The van der Waals surface area contributed by atoms with Crippen molar-refractivity contribution in [3.63, 3.8) is 0 Å². The van der Waals surface area contributed by atoms with Gasteiger partial charge in [0.15, 0.2) is 5.60 Å². The minimum Gasteiger partial charge on any atom is -0.489 e. The Hall–Kier alpha value is -8.17. The number of benzene rings is 8. The summed E-state index contributed by atoms with van der Waals surface area (Å²) in [5, 5.41) is 0. The third kappa shape index (κ3) is 11.0. The molecule has 0 aliphatic carbocycles. The predicted molar refractivity (Wildman–Crippen MR) is 265 cm³/mol. The molecule has 0 bridgehead atoms. The predicted octanol–water partition coefficient (Wildman–Crippen LogP) is 13.0. The molecule has 9 nitrogen and oxygen atoms in total. The molecule has 0 N–H and O–H groups in total. The van der Waals surface area contributed by atoms with Crippen LogP contribution < -0.4 is 28.4 Å². The molecule has 0 saturated carbocycles. The second kappa shape index (κ2) is 21.2. The minimum atomic E-state index is -1.02. The Balaban J connectivity index is 0.841. The minimum absolute atomic E-state index is 0.163. The molecule has 2 saturated heterocycles. The van der Waals surface area contributed by atoms with E-state index < -0.39 is 5.60 Å². The highest BCUT2D eigenvalue weighted by molar-refractivity contribution is 5.74. The van der Waals surface area contributed by atoms with Gasteiger partial charge in [0.2, 0.25) is 0 Å². The van der Waals surface area contributed by atoms with E-state index in [1.54, 1.807) is 0 Å². The number of carbonyl (C=O) groups excluding carboxylic acids is 1. The molecule has 2 heterocycles. The fourth-order valence-electron chi connectivity index (χ4n) is 9.00. The second-order valence-electron chi connectivity index (χ2n) is 17.3. The van der Waals surface area contributed by atoms with Gasteiger partial charge in [-0.1, -0.05) is 146 Å². The van der Waals surface area contributed by atoms with Gasteiger partial charge < -0.3 is 38.1 Å². The molecule has 0 aromatic heterocycles. The summed E-state index contributed by atoms with van der Waals surface area (Å²) < 4.78 is 44.2. The maximum absolute atomic E-state index is 13.5. The molecule has 1 amide bonds. The van der Waals surface area contributed by atoms with E-state index in [0.29, 0.717) is 67.5 Å². The van der Waals surface area contributed by atoms with Crippen molar-refractivity contribution < 1.29 is 38.0 Å². The summed E-state index contributed by atoms with van der Waals surface area (Å²) in [4.78, 5) is 15.4. The highest BCUT2D eigenvalue weighted by Gasteiger charge is 2.57. The molecule has 8 aromatic rings. The van der Waals surface area contributed by atoms with Crippen LogP contribution in [0.5, 0.6) is 34.5 Å². The van der Waals surface area contributed by atoms with Crippen LogP contribution in [0.1, 0.15) is 57.3 Å². The lowest BCUT2D eigenvalue weighted by Crippen LogP contribution is -2.40. The third-order valence-corrected chi connectivity index (χ3v) is 12.5. The Kier molecular flexibility index (Phi) is 13.7. The van der Waals surface area contributed by atoms with Gasteiger partial charge in [-0.25, -0.2) is 4.79 Å². The van der Waals surface area contributed by atoms with E-state index >= 15 is 0 Å². The Morgan fingerprint density at radius 1 is 0.391 bits per heavy atom. The van der Waals surface area contributed by atoms with E-state index in [1.165, 1.54) is 0 Å². The Bertz CT molecular complexity index is 2610.